The van der Waals surface area contributed by atoms with Crippen LogP contribution < -0.4 is 5.32 Å². The van der Waals surface area contributed by atoms with Gasteiger partial charge in [0.15, 0.2) is 0 Å². The molecule has 0 amide bonds. The summed E-state index contributed by atoms with van der Waals surface area (Å²) in [6.07, 6.45) is 6.21. The van der Waals surface area contributed by atoms with Crippen LogP contribution >= 0.6 is 0 Å². The SMILES string of the molecule is CC(C)CN1CCCn2nc(CNc3ncnc4c3CCC4)cc2C1. The summed E-state index contributed by atoms with van der Waals surface area (Å²) < 4.78 is 2.20. The second-order valence-corrected chi connectivity index (χ2v) is 7.69. The van der Waals surface area contributed by atoms with E-state index in [1.54, 1.807) is 6.33 Å². The summed E-state index contributed by atoms with van der Waals surface area (Å²) in [5, 5.41) is 8.31. The Morgan fingerprint density at radius 1 is 1.16 bits per heavy atom. The van der Waals surface area contributed by atoms with E-state index in [-0.39, 0.29) is 0 Å². The van der Waals surface area contributed by atoms with Gasteiger partial charge in [-0.05, 0) is 37.7 Å². The smallest absolute Gasteiger partial charge is 0.133 e. The highest BCUT2D eigenvalue weighted by Gasteiger charge is 2.19. The number of nitrogens with one attached hydrogen (secondary N) is 1. The maximum Gasteiger partial charge on any atom is 0.133 e. The molecular weight excluding hydrogens is 312 g/mol. The van der Waals surface area contributed by atoms with Crippen LogP contribution in [0.5, 0.6) is 0 Å². The van der Waals surface area contributed by atoms with Gasteiger partial charge < -0.3 is 5.32 Å². The monoisotopic (exact) mass is 340 g/mol. The van der Waals surface area contributed by atoms with Gasteiger partial charge in [-0.15, -0.1) is 0 Å². The van der Waals surface area contributed by atoms with Gasteiger partial charge in [-0.2, -0.15) is 5.10 Å². The Kier molecular flexibility index (Phi) is 4.70. The van der Waals surface area contributed by atoms with Crippen LogP contribution in [0.25, 0.3) is 0 Å². The fourth-order valence-electron chi connectivity index (χ4n) is 4.03. The van der Waals surface area contributed by atoms with Crippen LogP contribution in [-0.2, 0) is 32.5 Å². The standard InChI is InChI=1S/C19H28N6/c1-14(2)11-24-7-4-8-25-16(12-24)9-15(23-25)10-20-19-17-5-3-6-18(17)21-13-22-19/h9,13-14H,3-8,10-12H2,1-2H3,(H,20,21,22). The Morgan fingerprint density at radius 3 is 2.96 bits per heavy atom. The number of anilines is 1. The second kappa shape index (κ2) is 7.12. The van der Waals surface area contributed by atoms with Crippen LogP contribution in [0, 0.1) is 5.92 Å². The van der Waals surface area contributed by atoms with Gasteiger partial charge in [-0.3, -0.25) is 9.58 Å². The fraction of sp³-hybridized carbons (Fsp3) is 0.632. The lowest BCUT2D eigenvalue weighted by atomic mass is 10.2. The fourth-order valence-corrected chi connectivity index (χ4v) is 4.03. The molecule has 25 heavy (non-hydrogen) atoms. The molecule has 0 atom stereocenters. The minimum Gasteiger partial charge on any atom is -0.364 e. The normalized spacial score (nSPS) is 17.4. The zero-order valence-electron chi connectivity index (χ0n) is 15.3. The third-order valence-corrected chi connectivity index (χ3v) is 5.08. The highest BCUT2D eigenvalue weighted by Crippen LogP contribution is 2.25. The van der Waals surface area contributed by atoms with Crippen molar-refractivity contribution in [3.05, 3.63) is 35.0 Å². The summed E-state index contributed by atoms with van der Waals surface area (Å²) in [4.78, 5) is 11.4. The van der Waals surface area contributed by atoms with E-state index in [1.165, 1.54) is 36.3 Å². The molecule has 3 heterocycles. The van der Waals surface area contributed by atoms with Crippen molar-refractivity contribution in [1.82, 2.24) is 24.6 Å². The van der Waals surface area contributed by atoms with E-state index in [4.69, 9.17) is 5.10 Å². The molecule has 0 bridgehead atoms. The summed E-state index contributed by atoms with van der Waals surface area (Å²) in [6.45, 7) is 9.66. The van der Waals surface area contributed by atoms with Gasteiger partial charge in [0.25, 0.3) is 0 Å². The van der Waals surface area contributed by atoms with E-state index in [2.05, 4.69) is 44.8 Å². The van der Waals surface area contributed by atoms with Crippen molar-refractivity contribution in [2.75, 3.05) is 18.4 Å². The van der Waals surface area contributed by atoms with Crippen molar-refractivity contribution >= 4 is 5.82 Å². The lowest BCUT2D eigenvalue weighted by molar-refractivity contribution is 0.239. The van der Waals surface area contributed by atoms with Crippen LogP contribution in [-0.4, -0.2) is 37.7 Å². The number of hydrogen-bond donors (Lipinski definition) is 1. The quantitative estimate of drug-likeness (QED) is 0.907. The Bertz CT molecular complexity index is 736. The summed E-state index contributed by atoms with van der Waals surface area (Å²) in [5.41, 5.74) is 4.95. The number of fused-ring (bicyclic) bond motifs is 2. The average molecular weight is 340 g/mol. The number of aromatic nitrogens is 4. The predicted molar refractivity (Wildman–Crippen MR) is 98.3 cm³/mol. The lowest BCUT2D eigenvalue weighted by Crippen LogP contribution is -2.27. The molecule has 4 rings (SSSR count). The van der Waals surface area contributed by atoms with E-state index in [0.29, 0.717) is 5.92 Å². The summed E-state index contributed by atoms with van der Waals surface area (Å²) in [7, 11) is 0. The van der Waals surface area contributed by atoms with Crippen LogP contribution in [0.1, 0.15) is 49.3 Å². The molecular formula is C19H28N6. The molecule has 0 spiro atoms. The summed E-state index contributed by atoms with van der Waals surface area (Å²) in [6, 6.07) is 2.26. The minimum atomic E-state index is 0.704. The first-order valence-electron chi connectivity index (χ1n) is 9.53. The van der Waals surface area contributed by atoms with E-state index in [1.807, 2.05) is 0 Å². The second-order valence-electron chi connectivity index (χ2n) is 7.69. The van der Waals surface area contributed by atoms with Crippen molar-refractivity contribution in [3.63, 3.8) is 0 Å². The third kappa shape index (κ3) is 3.68. The molecule has 1 aliphatic heterocycles. The van der Waals surface area contributed by atoms with Crippen molar-refractivity contribution in [3.8, 4) is 0 Å². The highest BCUT2D eigenvalue weighted by molar-refractivity contribution is 5.48. The van der Waals surface area contributed by atoms with Crippen LogP contribution in [0.4, 0.5) is 5.82 Å². The number of aryl methyl sites for hydroxylation is 2. The van der Waals surface area contributed by atoms with Crippen molar-refractivity contribution < 1.29 is 0 Å². The highest BCUT2D eigenvalue weighted by atomic mass is 15.3. The molecule has 0 unspecified atom stereocenters. The van der Waals surface area contributed by atoms with E-state index >= 15 is 0 Å². The van der Waals surface area contributed by atoms with Gasteiger partial charge in [0, 0.05) is 37.4 Å². The van der Waals surface area contributed by atoms with Crippen LogP contribution in [0.3, 0.4) is 0 Å². The largest absolute Gasteiger partial charge is 0.364 e. The number of hydrogen-bond acceptors (Lipinski definition) is 5. The van der Waals surface area contributed by atoms with Crippen molar-refractivity contribution in [2.45, 2.75) is 59.2 Å². The van der Waals surface area contributed by atoms with E-state index in [0.717, 1.165) is 50.5 Å². The molecule has 1 aliphatic carbocycles. The molecule has 0 saturated heterocycles. The lowest BCUT2D eigenvalue weighted by Gasteiger charge is -2.21. The first-order chi connectivity index (χ1) is 12.2. The Balaban J connectivity index is 1.44. The molecule has 0 saturated carbocycles. The summed E-state index contributed by atoms with van der Waals surface area (Å²) in [5.74, 6) is 1.70. The average Bonchev–Trinajstić information content (AvgIpc) is 3.16. The maximum absolute atomic E-state index is 4.82. The Hall–Kier alpha value is -1.95. The molecule has 134 valence electrons. The van der Waals surface area contributed by atoms with Crippen LogP contribution in [0.2, 0.25) is 0 Å². The topological polar surface area (TPSA) is 58.9 Å². The third-order valence-electron chi connectivity index (χ3n) is 5.08. The molecule has 2 aromatic rings. The number of rotatable bonds is 5. The van der Waals surface area contributed by atoms with Crippen molar-refractivity contribution in [1.29, 1.82) is 0 Å². The van der Waals surface area contributed by atoms with Crippen LogP contribution in [0.15, 0.2) is 12.4 Å². The van der Waals surface area contributed by atoms with E-state index in [9.17, 15) is 0 Å². The maximum atomic E-state index is 4.82. The Morgan fingerprint density at radius 2 is 2.08 bits per heavy atom. The molecule has 0 aromatic carbocycles. The zero-order valence-corrected chi connectivity index (χ0v) is 15.3. The summed E-state index contributed by atoms with van der Waals surface area (Å²) >= 11 is 0. The first kappa shape index (κ1) is 16.5. The molecule has 6 heteroatoms. The molecule has 0 radical (unpaired) electrons. The Labute approximate surface area is 149 Å². The molecule has 0 fully saturated rings. The van der Waals surface area contributed by atoms with Gasteiger partial charge >= 0.3 is 0 Å². The van der Waals surface area contributed by atoms with Gasteiger partial charge in [0.05, 0.1) is 17.9 Å². The van der Waals surface area contributed by atoms with E-state index < -0.39 is 0 Å². The van der Waals surface area contributed by atoms with Crippen molar-refractivity contribution in [2.24, 2.45) is 5.92 Å². The molecule has 6 nitrogen and oxygen atoms in total. The predicted octanol–water partition coefficient (Wildman–Crippen LogP) is 2.64. The first-order valence-corrected chi connectivity index (χ1v) is 9.53. The number of nitrogens with zero attached hydrogens (tertiary/aromatic N) is 5. The minimum absolute atomic E-state index is 0.704. The van der Waals surface area contributed by atoms with Gasteiger partial charge in [0.1, 0.15) is 12.1 Å². The molecule has 2 aromatic heterocycles. The van der Waals surface area contributed by atoms with Gasteiger partial charge in [-0.25, -0.2) is 9.97 Å². The molecule has 2 aliphatic rings. The van der Waals surface area contributed by atoms with Gasteiger partial charge in [-0.1, -0.05) is 13.8 Å². The molecule has 1 N–H and O–H groups in total. The zero-order chi connectivity index (χ0) is 17.2. The van der Waals surface area contributed by atoms with Gasteiger partial charge in [0.2, 0.25) is 0 Å².